The molecule has 0 bridgehead atoms. The summed E-state index contributed by atoms with van der Waals surface area (Å²) in [7, 11) is 0. The summed E-state index contributed by atoms with van der Waals surface area (Å²) in [6.07, 6.45) is 2.51. The van der Waals surface area contributed by atoms with Gasteiger partial charge in [0.25, 0.3) is 0 Å². The van der Waals surface area contributed by atoms with Gasteiger partial charge in [-0.1, -0.05) is 35.5 Å². The van der Waals surface area contributed by atoms with Crippen LogP contribution in [-0.2, 0) is 13.2 Å². The van der Waals surface area contributed by atoms with Crippen LogP contribution in [0.2, 0.25) is 0 Å². The first-order chi connectivity index (χ1) is 12.4. The number of benzene rings is 2. The number of likely N-dealkylation sites (tertiary alicyclic amines) is 1. The van der Waals surface area contributed by atoms with E-state index in [1.165, 1.54) is 12.8 Å². The summed E-state index contributed by atoms with van der Waals surface area (Å²) in [4.78, 5) is 6.85. The molecule has 4 rings (SSSR count). The summed E-state index contributed by atoms with van der Waals surface area (Å²) in [6.45, 7) is 3.53. The maximum Gasteiger partial charge on any atom is 0.241 e. The fraction of sp³-hybridized carbons (Fsp3) is 0.300. The Balaban J connectivity index is 1.37. The number of ether oxygens (including phenoxy) is 1. The van der Waals surface area contributed by atoms with Crippen LogP contribution in [-0.4, -0.2) is 28.1 Å². The summed E-state index contributed by atoms with van der Waals surface area (Å²) in [6, 6.07) is 17.9. The third-order valence-corrected chi connectivity index (χ3v) is 4.39. The van der Waals surface area contributed by atoms with E-state index in [9.17, 15) is 0 Å². The van der Waals surface area contributed by atoms with Gasteiger partial charge in [-0.25, -0.2) is 0 Å². The van der Waals surface area contributed by atoms with Crippen LogP contribution in [0.5, 0.6) is 5.75 Å². The molecule has 1 aliphatic heterocycles. The van der Waals surface area contributed by atoms with Crippen LogP contribution >= 0.6 is 0 Å². The van der Waals surface area contributed by atoms with Crippen molar-refractivity contribution in [3.05, 3.63) is 66.1 Å². The number of nitrogens with zero attached hydrogens (tertiary/aromatic N) is 3. The fourth-order valence-corrected chi connectivity index (χ4v) is 3.01. The van der Waals surface area contributed by atoms with Gasteiger partial charge in [0, 0.05) is 5.56 Å². The molecule has 2 heterocycles. The van der Waals surface area contributed by atoms with Gasteiger partial charge >= 0.3 is 0 Å². The van der Waals surface area contributed by atoms with Crippen molar-refractivity contribution in [3.63, 3.8) is 0 Å². The number of hydrogen-bond acceptors (Lipinski definition) is 5. The molecule has 25 heavy (non-hydrogen) atoms. The van der Waals surface area contributed by atoms with Crippen molar-refractivity contribution in [3.8, 4) is 17.1 Å². The average molecular weight is 335 g/mol. The smallest absolute Gasteiger partial charge is 0.241 e. The molecule has 3 aromatic rings. The largest absolute Gasteiger partial charge is 0.489 e. The van der Waals surface area contributed by atoms with Gasteiger partial charge in [-0.15, -0.1) is 0 Å². The number of rotatable bonds is 6. The van der Waals surface area contributed by atoms with Gasteiger partial charge in [0.1, 0.15) is 12.4 Å². The Hall–Kier alpha value is -2.66. The van der Waals surface area contributed by atoms with Gasteiger partial charge in [-0.05, 0) is 55.8 Å². The van der Waals surface area contributed by atoms with Crippen molar-refractivity contribution in [2.45, 2.75) is 26.0 Å². The maximum atomic E-state index is 5.81. The molecular formula is C20H21N3O2. The lowest BCUT2D eigenvalue weighted by Gasteiger charge is -2.09. The third kappa shape index (κ3) is 4.06. The van der Waals surface area contributed by atoms with E-state index >= 15 is 0 Å². The molecule has 5 heteroatoms. The normalized spacial score (nSPS) is 14.7. The molecule has 1 aliphatic rings. The van der Waals surface area contributed by atoms with Crippen LogP contribution < -0.4 is 4.74 Å². The van der Waals surface area contributed by atoms with E-state index in [1.54, 1.807) is 0 Å². The van der Waals surface area contributed by atoms with Gasteiger partial charge in [0.2, 0.25) is 11.7 Å². The van der Waals surface area contributed by atoms with Crippen LogP contribution in [0.1, 0.15) is 24.3 Å². The van der Waals surface area contributed by atoms with E-state index in [0.717, 1.165) is 36.5 Å². The minimum atomic E-state index is 0.558. The second kappa shape index (κ2) is 7.49. The molecular weight excluding hydrogens is 314 g/mol. The van der Waals surface area contributed by atoms with E-state index in [4.69, 9.17) is 9.26 Å². The lowest BCUT2D eigenvalue weighted by Crippen LogP contribution is -2.18. The van der Waals surface area contributed by atoms with Crippen LogP contribution in [0.25, 0.3) is 11.4 Å². The Labute approximate surface area is 147 Å². The zero-order valence-electron chi connectivity index (χ0n) is 14.1. The Bertz CT molecular complexity index is 793. The van der Waals surface area contributed by atoms with Crippen molar-refractivity contribution in [1.82, 2.24) is 15.0 Å². The molecule has 0 atom stereocenters. The zero-order chi connectivity index (χ0) is 16.9. The van der Waals surface area contributed by atoms with Gasteiger partial charge in [-0.3, -0.25) is 4.90 Å². The Kier molecular flexibility index (Phi) is 4.74. The first-order valence-electron chi connectivity index (χ1n) is 8.69. The van der Waals surface area contributed by atoms with Gasteiger partial charge in [0.05, 0.1) is 6.54 Å². The highest BCUT2D eigenvalue weighted by molar-refractivity contribution is 5.55. The zero-order valence-corrected chi connectivity index (χ0v) is 14.1. The Morgan fingerprint density at radius 2 is 1.72 bits per heavy atom. The lowest BCUT2D eigenvalue weighted by atomic mass is 10.2. The van der Waals surface area contributed by atoms with E-state index in [2.05, 4.69) is 27.2 Å². The van der Waals surface area contributed by atoms with Crippen molar-refractivity contribution in [1.29, 1.82) is 0 Å². The first-order valence-corrected chi connectivity index (χ1v) is 8.69. The molecule has 0 radical (unpaired) electrons. The summed E-state index contributed by atoms with van der Waals surface area (Å²) < 4.78 is 11.2. The van der Waals surface area contributed by atoms with Gasteiger partial charge in [0.15, 0.2) is 0 Å². The first kappa shape index (κ1) is 15.8. The highest BCUT2D eigenvalue weighted by Gasteiger charge is 2.16. The van der Waals surface area contributed by atoms with Crippen molar-refractivity contribution in [2.24, 2.45) is 0 Å². The van der Waals surface area contributed by atoms with Crippen molar-refractivity contribution >= 4 is 0 Å². The summed E-state index contributed by atoms with van der Waals surface area (Å²) in [5.74, 6) is 2.14. The topological polar surface area (TPSA) is 51.4 Å². The molecule has 0 aliphatic carbocycles. The molecule has 0 amide bonds. The van der Waals surface area contributed by atoms with Crippen LogP contribution in [0.4, 0.5) is 0 Å². The standard InChI is InChI=1S/C20H21N3O2/c1-2-6-16(7-3-1)15-24-18-10-8-17(9-11-18)20-21-19(25-22-20)14-23-12-4-5-13-23/h1-3,6-11H,4-5,12-15H2. The van der Waals surface area contributed by atoms with Crippen LogP contribution in [0, 0.1) is 0 Å². The quantitative estimate of drug-likeness (QED) is 0.683. The second-order valence-electron chi connectivity index (χ2n) is 6.29. The minimum Gasteiger partial charge on any atom is -0.489 e. The molecule has 2 aromatic carbocycles. The molecule has 1 fully saturated rings. The van der Waals surface area contributed by atoms with Crippen molar-refractivity contribution < 1.29 is 9.26 Å². The second-order valence-corrected chi connectivity index (χ2v) is 6.29. The molecule has 0 saturated carbocycles. The molecule has 0 unspecified atom stereocenters. The maximum absolute atomic E-state index is 5.81. The Morgan fingerprint density at radius 1 is 0.960 bits per heavy atom. The molecule has 0 N–H and O–H groups in total. The van der Waals surface area contributed by atoms with E-state index in [-0.39, 0.29) is 0 Å². The van der Waals surface area contributed by atoms with Gasteiger partial charge < -0.3 is 9.26 Å². The van der Waals surface area contributed by atoms with Crippen LogP contribution in [0.15, 0.2) is 59.1 Å². The van der Waals surface area contributed by atoms with E-state index in [1.807, 2.05) is 42.5 Å². The van der Waals surface area contributed by atoms with E-state index < -0.39 is 0 Å². The molecule has 128 valence electrons. The third-order valence-electron chi connectivity index (χ3n) is 4.39. The monoisotopic (exact) mass is 335 g/mol. The Morgan fingerprint density at radius 3 is 2.48 bits per heavy atom. The minimum absolute atomic E-state index is 0.558. The highest BCUT2D eigenvalue weighted by Crippen LogP contribution is 2.21. The highest BCUT2D eigenvalue weighted by atomic mass is 16.5. The predicted molar refractivity (Wildman–Crippen MR) is 95.0 cm³/mol. The molecule has 1 saturated heterocycles. The molecule has 0 spiro atoms. The van der Waals surface area contributed by atoms with Gasteiger partial charge in [-0.2, -0.15) is 4.98 Å². The lowest BCUT2D eigenvalue weighted by molar-refractivity contribution is 0.268. The average Bonchev–Trinajstić information content (AvgIpc) is 3.34. The number of hydrogen-bond donors (Lipinski definition) is 0. The number of aromatic nitrogens is 2. The van der Waals surface area contributed by atoms with E-state index in [0.29, 0.717) is 18.3 Å². The SMILES string of the molecule is c1ccc(COc2ccc(-c3noc(CN4CCCC4)n3)cc2)cc1. The fourth-order valence-electron chi connectivity index (χ4n) is 3.01. The molecule has 5 nitrogen and oxygen atoms in total. The van der Waals surface area contributed by atoms with Crippen LogP contribution in [0.3, 0.4) is 0 Å². The van der Waals surface area contributed by atoms with Crippen molar-refractivity contribution in [2.75, 3.05) is 13.1 Å². The molecule has 1 aromatic heterocycles. The summed E-state index contributed by atoms with van der Waals surface area (Å²) in [5.41, 5.74) is 2.08. The summed E-state index contributed by atoms with van der Waals surface area (Å²) >= 11 is 0. The summed E-state index contributed by atoms with van der Waals surface area (Å²) in [5, 5.41) is 4.10. The predicted octanol–water partition coefficient (Wildman–Crippen LogP) is 3.91.